The van der Waals surface area contributed by atoms with E-state index in [0.717, 1.165) is 24.8 Å². The van der Waals surface area contributed by atoms with E-state index < -0.39 is 11.4 Å². The van der Waals surface area contributed by atoms with Gasteiger partial charge < -0.3 is 18.9 Å². The molecule has 5 nitrogen and oxygen atoms in total. The lowest BCUT2D eigenvalue weighted by Gasteiger charge is -2.49. The van der Waals surface area contributed by atoms with Gasteiger partial charge in [0.15, 0.2) is 5.79 Å². The molecule has 2 heterocycles. The van der Waals surface area contributed by atoms with E-state index in [1.807, 2.05) is 26.8 Å². The maximum Gasteiger partial charge on any atom is 0.335 e. The maximum atomic E-state index is 12.1. The van der Waals surface area contributed by atoms with Gasteiger partial charge in [0.25, 0.3) is 0 Å². The summed E-state index contributed by atoms with van der Waals surface area (Å²) in [5.74, 6) is -1.07. The summed E-state index contributed by atoms with van der Waals surface area (Å²) in [6.07, 6.45) is 13.2. The zero-order valence-electron chi connectivity index (χ0n) is 20.1. The van der Waals surface area contributed by atoms with Crippen LogP contribution in [0.3, 0.4) is 0 Å². The van der Waals surface area contributed by atoms with Gasteiger partial charge in [0.05, 0.1) is 19.0 Å². The van der Waals surface area contributed by atoms with Crippen LogP contribution in [0.1, 0.15) is 67.2 Å². The van der Waals surface area contributed by atoms with Gasteiger partial charge in [-0.05, 0) is 70.9 Å². The first-order chi connectivity index (χ1) is 14.5. The molecule has 0 aromatic heterocycles. The number of hydrogen-bond acceptors (Lipinski definition) is 5. The Balaban J connectivity index is 1.97. The summed E-state index contributed by atoms with van der Waals surface area (Å²) in [5.41, 5.74) is 2.75. The Morgan fingerprint density at radius 2 is 1.97 bits per heavy atom. The molecule has 0 aromatic carbocycles. The van der Waals surface area contributed by atoms with Gasteiger partial charge in [-0.3, -0.25) is 0 Å². The molecule has 0 N–H and O–H groups in total. The van der Waals surface area contributed by atoms with Crippen molar-refractivity contribution in [2.45, 2.75) is 84.7 Å². The van der Waals surface area contributed by atoms with E-state index >= 15 is 0 Å². The fourth-order valence-corrected chi connectivity index (χ4v) is 5.30. The predicted octanol–water partition coefficient (Wildman–Crippen LogP) is 5.63. The first-order valence-corrected chi connectivity index (χ1v) is 11.3. The monoisotopic (exact) mass is 430 g/mol. The number of carbonyl (C=O) groups is 1. The Morgan fingerprint density at radius 1 is 1.23 bits per heavy atom. The van der Waals surface area contributed by atoms with Crippen LogP contribution in [0, 0.1) is 11.3 Å². The Morgan fingerprint density at radius 3 is 2.61 bits per heavy atom. The van der Waals surface area contributed by atoms with Gasteiger partial charge in [-0.2, -0.15) is 0 Å². The Labute approximate surface area is 187 Å². The average molecular weight is 431 g/mol. The van der Waals surface area contributed by atoms with E-state index in [2.05, 4.69) is 32.9 Å². The molecule has 172 valence electrons. The zero-order chi connectivity index (χ0) is 22.9. The standard InChI is InChI=1S/C26H38O5/c1-18(2)9-8-12-24(5)13-10-20-17-30-22-16-25(6,28-7)31-26(20,22)21(24)11-14-29-23(27)15-19(3)4/h9-11,14-15,21-22H,8,12-13,16-17H2,1-7H3/b14-11-/t21-,22-,24+,25-,26+/m0/s1. The van der Waals surface area contributed by atoms with Crippen LogP contribution in [-0.4, -0.2) is 37.2 Å². The van der Waals surface area contributed by atoms with Gasteiger partial charge >= 0.3 is 5.97 Å². The second-order valence-electron chi connectivity index (χ2n) is 10.1. The summed E-state index contributed by atoms with van der Waals surface area (Å²) in [4.78, 5) is 12.1. The number of rotatable bonds is 7. The molecule has 0 radical (unpaired) electrons. The minimum atomic E-state index is -0.701. The van der Waals surface area contributed by atoms with Crippen LogP contribution in [0.5, 0.6) is 0 Å². The summed E-state index contributed by atoms with van der Waals surface area (Å²) in [6.45, 7) is 12.9. The summed E-state index contributed by atoms with van der Waals surface area (Å²) < 4.78 is 24.1. The van der Waals surface area contributed by atoms with Crippen molar-refractivity contribution < 1.29 is 23.7 Å². The van der Waals surface area contributed by atoms with Crippen molar-refractivity contribution in [1.29, 1.82) is 0 Å². The second kappa shape index (κ2) is 9.05. The summed E-state index contributed by atoms with van der Waals surface area (Å²) in [6, 6.07) is 0. The van der Waals surface area contributed by atoms with E-state index in [4.69, 9.17) is 18.9 Å². The van der Waals surface area contributed by atoms with E-state index in [-0.39, 0.29) is 23.4 Å². The van der Waals surface area contributed by atoms with Crippen molar-refractivity contribution in [3.8, 4) is 0 Å². The summed E-state index contributed by atoms with van der Waals surface area (Å²) in [5, 5.41) is 0. The normalized spacial score (nSPS) is 36.5. The van der Waals surface area contributed by atoms with Crippen molar-refractivity contribution in [1.82, 2.24) is 0 Å². The molecule has 0 aromatic rings. The van der Waals surface area contributed by atoms with E-state index in [1.165, 1.54) is 17.2 Å². The SMILES string of the molecule is CO[C@]1(C)C[C@@H]2OCC3=CC[C@@](C)(CCC=C(C)C)[C@H](/C=C\OC(=O)C=C(C)C)[C@]32O1. The number of esters is 1. The molecule has 2 fully saturated rings. The minimum Gasteiger partial charge on any atom is -0.432 e. The molecule has 1 aliphatic carbocycles. The van der Waals surface area contributed by atoms with Crippen LogP contribution >= 0.6 is 0 Å². The Kier molecular flexibility index (Phi) is 6.99. The van der Waals surface area contributed by atoms with E-state index in [0.29, 0.717) is 13.0 Å². The third-order valence-corrected chi connectivity index (χ3v) is 6.95. The highest BCUT2D eigenvalue weighted by Gasteiger charge is 2.67. The summed E-state index contributed by atoms with van der Waals surface area (Å²) >= 11 is 0. The molecule has 2 saturated heterocycles. The van der Waals surface area contributed by atoms with E-state index in [9.17, 15) is 4.79 Å². The quantitative estimate of drug-likeness (QED) is 0.227. The molecule has 0 bridgehead atoms. The number of allylic oxidation sites excluding steroid dienone is 4. The highest BCUT2D eigenvalue weighted by atomic mass is 16.7. The number of methoxy groups -OCH3 is 1. The van der Waals surface area contributed by atoms with Crippen LogP contribution in [0.4, 0.5) is 0 Å². The van der Waals surface area contributed by atoms with Gasteiger partial charge in [0, 0.05) is 25.5 Å². The Hall–Kier alpha value is -1.69. The lowest BCUT2D eigenvalue weighted by Crippen LogP contribution is -2.53. The van der Waals surface area contributed by atoms with Gasteiger partial charge in [-0.25, -0.2) is 4.79 Å². The fraction of sp³-hybridized carbons (Fsp3) is 0.654. The molecule has 0 unspecified atom stereocenters. The lowest BCUT2D eigenvalue weighted by molar-refractivity contribution is -0.236. The molecule has 5 heteroatoms. The molecular weight excluding hydrogens is 392 g/mol. The first-order valence-electron chi connectivity index (χ1n) is 11.3. The predicted molar refractivity (Wildman–Crippen MR) is 121 cm³/mol. The highest BCUT2D eigenvalue weighted by Crippen LogP contribution is 2.61. The molecule has 2 aliphatic heterocycles. The largest absolute Gasteiger partial charge is 0.432 e. The topological polar surface area (TPSA) is 54.0 Å². The molecule has 5 atom stereocenters. The molecular formula is C26H38O5. The van der Waals surface area contributed by atoms with E-state index in [1.54, 1.807) is 13.4 Å². The maximum absolute atomic E-state index is 12.1. The first kappa shape index (κ1) is 24.0. The third kappa shape index (κ3) is 4.74. The smallest absolute Gasteiger partial charge is 0.335 e. The second-order valence-corrected chi connectivity index (χ2v) is 10.1. The fourth-order valence-electron chi connectivity index (χ4n) is 5.30. The molecule has 31 heavy (non-hydrogen) atoms. The average Bonchev–Trinajstić information content (AvgIpc) is 3.14. The van der Waals surface area contributed by atoms with Crippen molar-refractivity contribution in [3.63, 3.8) is 0 Å². The lowest BCUT2D eigenvalue weighted by atomic mass is 9.58. The zero-order valence-corrected chi connectivity index (χ0v) is 20.1. The molecule has 1 spiro atoms. The van der Waals surface area contributed by atoms with Gasteiger partial charge in [-0.1, -0.05) is 30.2 Å². The van der Waals surface area contributed by atoms with Gasteiger partial charge in [0.2, 0.25) is 0 Å². The van der Waals surface area contributed by atoms with Crippen LogP contribution in [0.25, 0.3) is 0 Å². The molecule has 0 saturated carbocycles. The molecule has 3 aliphatic rings. The van der Waals surface area contributed by atoms with Crippen molar-refractivity contribution in [2.24, 2.45) is 11.3 Å². The number of hydrogen-bond donors (Lipinski definition) is 0. The molecule has 3 rings (SSSR count). The number of carbonyl (C=O) groups excluding carboxylic acids is 1. The Bertz CT molecular complexity index is 814. The third-order valence-electron chi connectivity index (χ3n) is 6.95. The highest BCUT2D eigenvalue weighted by molar-refractivity contribution is 5.83. The minimum absolute atomic E-state index is 0.00506. The van der Waals surface area contributed by atoms with Crippen LogP contribution < -0.4 is 0 Å². The van der Waals surface area contributed by atoms with Crippen LogP contribution in [0.2, 0.25) is 0 Å². The van der Waals surface area contributed by atoms with Crippen molar-refractivity contribution >= 4 is 5.97 Å². The summed E-state index contributed by atoms with van der Waals surface area (Å²) in [7, 11) is 1.68. The molecule has 0 amide bonds. The number of ether oxygens (including phenoxy) is 4. The van der Waals surface area contributed by atoms with Crippen molar-refractivity contribution in [2.75, 3.05) is 13.7 Å². The van der Waals surface area contributed by atoms with Gasteiger partial charge in [-0.15, -0.1) is 0 Å². The van der Waals surface area contributed by atoms with Crippen LogP contribution in [-0.2, 0) is 23.7 Å². The van der Waals surface area contributed by atoms with Crippen LogP contribution in [0.15, 0.2) is 47.3 Å². The van der Waals surface area contributed by atoms with Crippen molar-refractivity contribution in [3.05, 3.63) is 47.3 Å². The van der Waals surface area contributed by atoms with Gasteiger partial charge in [0.1, 0.15) is 5.60 Å².